The number of carbonyl (C=O) groups is 1. The minimum atomic E-state index is -0.541. The van der Waals surface area contributed by atoms with Crippen LogP contribution in [0, 0.1) is 26.6 Å². The number of hydrogen-bond acceptors (Lipinski definition) is 2. The van der Waals surface area contributed by atoms with Gasteiger partial charge in [0.2, 0.25) is 0 Å². The average Bonchev–Trinajstić information content (AvgIpc) is 2.41. The van der Waals surface area contributed by atoms with Crippen LogP contribution in [0.5, 0.6) is 5.75 Å². The normalized spacial score (nSPS) is 10.4. The average molecular weight is 322 g/mol. The highest BCUT2D eigenvalue weighted by Crippen LogP contribution is 2.24. The number of amides is 1. The smallest absolute Gasteiger partial charge is 0.262 e. The van der Waals surface area contributed by atoms with Crippen molar-refractivity contribution < 1.29 is 13.9 Å². The topological polar surface area (TPSA) is 38.3 Å². The minimum absolute atomic E-state index is 0.0402. The zero-order valence-electron chi connectivity index (χ0n) is 12.7. The highest BCUT2D eigenvalue weighted by molar-refractivity contribution is 6.30. The number of nitrogens with one attached hydrogen (secondary N) is 1. The molecule has 116 valence electrons. The van der Waals surface area contributed by atoms with Gasteiger partial charge in [-0.15, -0.1) is 0 Å². The number of anilines is 1. The number of carbonyl (C=O) groups excluding carboxylic acids is 1. The van der Waals surface area contributed by atoms with Crippen molar-refractivity contribution in [3.63, 3.8) is 0 Å². The second-order valence-electron chi connectivity index (χ2n) is 5.19. The molecule has 0 aliphatic rings. The van der Waals surface area contributed by atoms with Crippen molar-refractivity contribution in [3.05, 3.63) is 57.9 Å². The summed E-state index contributed by atoms with van der Waals surface area (Å²) in [5.74, 6) is -0.312. The number of ether oxygens (including phenoxy) is 1. The number of halogens is 2. The Morgan fingerprint density at radius 1 is 1.18 bits per heavy atom. The van der Waals surface area contributed by atoms with Crippen molar-refractivity contribution in [3.8, 4) is 5.75 Å². The van der Waals surface area contributed by atoms with Crippen LogP contribution in [0.2, 0.25) is 5.02 Å². The van der Waals surface area contributed by atoms with Crippen molar-refractivity contribution in [2.75, 3.05) is 11.9 Å². The third-order valence-electron chi connectivity index (χ3n) is 3.15. The Labute approximate surface area is 134 Å². The van der Waals surface area contributed by atoms with Crippen LogP contribution < -0.4 is 10.1 Å². The third-order valence-corrected chi connectivity index (χ3v) is 3.39. The molecule has 0 saturated heterocycles. The standard InChI is InChI=1S/C17H17ClFNO2/c1-10-6-11(2)17(12(3)7-10)22-9-16(21)20-15-8-13(18)4-5-14(15)19/h4-8H,9H2,1-3H3,(H,20,21). The van der Waals surface area contributed by atoms with E-state index in [0.29, 0.717) is 10.8 Å². The Hall–Kier alpha value is -2.07. The quantitative estimate of drug-likeness (QED) is 0.905. The summed E-state index contributed by atoms with van der Waals surface area (Å²) in [6.45, 7) is 5.64. The summed E-state index contributed by atoms with van der Waals surface area (Å²) in [6.07, 6.45) is 0. The molecule has 2 rings (SSSR count). The molecule has 0 aliphatic heterocycles. The van der Waals surface area contributed by atoms with Gasteiger partial charge in [-0.1, -0.05) is 29.3 Å². The predicted octanol–water partition coefficient (Wildman–Crippen LogP) is 4.42. The van der Waals surface area contributed by atoms with Gasteiger partial charge < -0.3 is 10.1 Å². The largest absolute Gasteiger partial charge is 0.483 e. The molecule has 0 unspecified atom stereocenters. The highest BCUT2D eigenvalue weighted by Gasteiger charge is 2.11. The molecule has 3 nitrogen and oxygen atoms in total. The van der Waals surface area contributed by atoms with Crippen LogP contribution in [-0.2, 0) is 4.79 Å². The van der Waals surface area contributed by atoms with Crippen molar-refractivity contribution in [1.29, 1.82) is 0 Å². The summed E-state index contributed by atoms with van der Waals surface area (Å²) < 4.78 is 19.1. The molecule has 1 N–H and O–H groups in total. The summed E-state index contributed by atoms with van der Waals surface area (Å²) in [6, 6.07) is 7.94. The Kier molecular flexibility index (Phi) is 5.03. The lowest BCUT2D eigenvalue weighted by molar-refractivity contribution is -0.118. The maximum Gasteiger partial charge on any atom is 0.262 e. The van der Waals surface area contributed by atoms with Crippen LogP contribution in [0.4, 0.5) is 10.1 Å². The Morgan fingerprint density at radius 3 is 2.45 bits per heavy atom. The first-order chi connectivity index (χ1) is 10.4. The Morgan fingerprint density at radius 2 is 1.82 bits per heavy atom. The molecule has 0 aliphatic carbocycles. The van der Waals surface area contributed by atoms with Crippen LogP contribution in [-0.4, -0.2) is 12.5 Å². The zero-order chi connectivity index (χ0) is 16.3. The second kappa shape index (κ2) is 6.79. The first-order valence-electron chi connectivity index (χ1n) is 6.82. The van der Waals surface area contributed by atoms with Gasteiger partial charge in [-0.25, -0.2) is 4.39 Å². The molecule has 22 heavy (non-hydrogen) atoms. The zero-order valence-corrected chi connectivity index (χ0v) is 13.4. The molecule has 0 spiro atoms. The van der Waals surface area contributed by atoms with E-state index in [-0.39, 0.29) is 12.3 Å². The molecule has 5 heteroatoms. The molecule has 0 heterocycles. The van der Waals surface area contributed by atoms with E-state index in [0.717, 1.165) is 16.7 Å². The van der Waals surface area contributed by atoms with Crippen LogP contribution in [0.15, 0.2) is 30.3 Å². The highest BCUT2D eigenvalue weighted by atomic mass is 35.5. The van der Waals surface area contributed by atoms with Gasteiger partial charge in [0.05, 0.1) is 5.69 Å². The van der Waals surface area contributed by atoms with Gasteiger partial charge in [0.15, 0.2) is 6.61 Å². The van der Waals surface area contributed by atoms with E-state index in [1.54, 1.807) is 0 Å². The summed E-state index contributed by atoms with van der Waals surface area (Å²) in [7, 11) is 0. The van der Waals surface area contributed by atoms with Crippen molar-refractivity contribution in [2.45, 2.75) is 20.8 Å². The molecule has 0 fully saturated rings. The second-order valence-corrected chi connectivity index (χ2v) is 5.63. The number of aryl methyl sites for hydroxylation is 3. The van der Waals surface area contributed by atoms with E-state index in [1.807, 2.05) is 32.9 Å². The van der Waals surface area contributed by atoms with Gasteiger partial charge in [0.25, 0.3) is 5.91 Å². The molecule has 2 aromatic rings. The van der Waals surface area contributed by atoms with Gasteiger partial charge in [0.1, 0.15) is 11.6 Å². The van der Waals surface area contributed by atoms with Crippen LogP contribution in [0.3, 0.4) is 0 Å². The van der Waals surface area contributed by atoms with Gasteiger partial charge in [-0.2, -0.15) is 0 Å². The lowest BCUT2D eigenvalue weighted by Crippen LogP contribution is -2.21. The summed E-state index contributed by atoms with van der Waals surface area (Å²) in [5, 5.41) is 2.80. The number of rotatable bonds is 4. The third kappa shape index (κ3) is 3.98. The van der Waals surface area contributed by atoms with E-state index in [9.17, 15) is 9.18 Å². The molecule has 0 radical (unpaired) electrons. The minimum Gasteiger partial charge on any atom is -0.483 e. The molecule has 0 saturated carbocycles. The van der Waals surface area contributed by atoms with E-state index in [2.05, 4.69) is 5.32 Å². The van der Waals surface area contributed by atoms with E-state index in [1.165, 1.54) is 18.2 Å². The Bertz CT molecular complexity index is 693. The fraction of sp³-hybridized carbons (Fsp3) is 0.235. The number of benzene rings is 2. The van der Waals surface area contributed by atoms with Crippen molar-refractivity contribution in [2.24, 2.45) is 0 Å². The summed E-state index contributed by atoms with van der Waals surface area (Å²) in [5.41, 5.74) is 3.09. The lowest BCUT2D eigenvalue weighted by atomic mass is 10.1. The molecule has 0 aromatic heterocycles. The molecular formula is C17H17ClFNO2. The van der Waals surface area contributed by atoms with Gasteiger partial charge in [-0.3, -0.25) is 4.79 Å². The van der Waals surface area contributed by atoms with E-state index < -0.39 is 11.7 Å². The molecule has 2 aromatic carbocycles. The molecule has 0 atom stereocenters. The van der Waals surface area contributed by atoms with E-state index in [4.69, 9.17) is 16.3 Å². The van der Waals surface area contributed by atoms with Gasteiger partial charge in [-0.05, 0) is 50.1 Å². The van der Waals surface area contributed by atoms with Crippen molar-refractivity contribution in [1.82, 2.24) is 0 Å². The monoisotopic (exact) mass is 321 g/mol. The van der Waals surface area contributed by atoms with Crippen LogP contribution in [0.1, 0.15) is 16.7 Å². The van der Waals surface area contributed by atoms with Gasteiger partial charge in [0, 0.05) is 5.02 Å². The Balaban J connectivity index is 2.03. The molecular weight excluding hydrogens is 305 g/mol. The maximum atomic E-state index is 13.6. The number of hydrogen-bond donors (Lipinski definition) is 1. The molecule has 0 bridgehead atoms. The van der Waals surface area contributed by atoms with Crippen LogP contribution >= 0.6 is 11.6 Å². The first-order valence-corrected chi connectivity index (χ1v) is 7.20. The maximum absolute atomic E-state index is 13.6. The van der Waals surface area contributed by atoms with Gasteiger partial charge >= 0.3 is 0 Å². The summed E-state index contributed by atoms with van der Waals surface area (Å²) >= 11 is 5.78. The van der Waals surface area contributed by atoms with Crippen LogP contribution in [0.25, 0.3) is 0 Å². The van der Waals surface area contributed by atoms with Crippen molar-refractivity contribution >= 4 is 23.2 Å². The fourth-order valence-electron chi connectivity index (χ4n) is 2.31. The predicted molar refractivity (Wildman–Crippen MR) is 86.2 cm³/mol. The first kappa shape index (κ1) is 16.3. The fourth-order valence-corrected chi connectivity index (χ4v) is 2.48. The lowest BCUT2D eigenvalue weighted by Gasteiger charge is -2.13. The molecule has 1 amide bonds. The SMILES string of the molecule is Cc1cc(C)c(OCC(=O)Nc2cc(Cl)ccc2F)c(C)c1. The van der Waals surface area contributed by atoms with E-state index >= 15 is 0 Å². The summed E-state index contributed by atoms with van der Waals surface area (Å²) in [4.78, 5) is 11.9.